The summed E-state index contributed by atoms with van der Waals surface area (Å²) in [6.45, 7) is 9.51. The van der Waals surface area contributed by atoms with Crippen LogP contribution in [-0.4, -0.2) is 56.2 Å². The molecule has 1 saturated heterocycles. The van der Waals surface area contributed by atoms with Gasteiger partial charge in [0.1, 0.15) is 0 Å². The second-order valence-corrected chi connectivity index (χ2v) is 9.17. The number of piperidine rings is 1. The normalized spacial score (nSPS) is 16.1. The zero-order valence-electron chi connectivity index (χ0n) is 15.6. The lowest BCUT2D eigenvalue weighted by atomic mass is 9.97. The Morgan fingerprint density at radius 3 is 2.77 bits per heavy atom. The first kappa shape index (κ1) is 19.3. The Hall–Kier alpha value is -1.45. The summed E-state index contributed by atoms with van der Waals surface area (Å²) >= 11 is 3.07. The number of carbonyl (C=O) groups is 1. The molecule has 0 spiro atoms. The number of nitrogens with zero attached hydrogens (tertiary/aromatic N) is 5. The molecule has 142 valence electrons. The van der Waals surface area contributed by atoms with Gasteiger partial charge in [0.15, 0.2) is 4.34 Å². The lowest BCUT2D eigenvalue weighted by molar-refractivity contribution is -0.117. The van der Waals surface area contributed by atoms with Crippen LogP contribution >= 0.6 is 23.1 Å². The minimum atomic E-state index is -0.00815. The molecule has 9 heteroatoms. The second kappa shape index (κ2) is 8.96. The smallest absolute Gasteiger partial charge is 0.240 e. The summed E-state index contributed by atoms with van der Waals surface area (Å²) in [6, 6.07) is 2.12. The van der Waals surface area contributed by atoms with Crippen LogP contribution < -0.4 is 5.32 Å². The molecule has 1 aliphatic heterocycles. The zero-order valence-corrected chi connectivity index (χ0v) is 17.2. The monoisotopic (exact) mass is 394 g/mol. The first-order chi connectivity index (χ1) is 12.5. The van der Waals surface area contributed by atoms with Gasteiger partial charge in [0.25, 0.3) is 0 Å². The molecule has 1 N–H and O–H groups in total. The Balaban J connectivity index is 1.41. The highest BCUT2D eigenvalue weighted by Gasteiger charge is 2.22. The van der Waals surface area contributed by atoms with Crippen molar-refractivity contribution in [2.45, 2.75) is 44.5 Å². The SMILES string of the molecule is CCSc1nnc(NC(=O)CN2CCC(Cn3nc(C)cc3C)CC2)s1. The zero-order chi connectivity index (χ0) is 18.5. The molecule has 1 amide bonds. The molecule has 1 aliphatic rings. The van der Waals surface area contributed by atoms with E-state index in [4.69, 9.17) is 0 Å². The second-order valence-electron chi connectivity index (χ2n) is 6.68. The molecule has 2 aromatic heterocycles. The molecule has 7 nitrogen and oxygen atoms in total. The standard InChI is InChI=1S/C17H26N6OS2/c1-4-25-17-20-19-16(26-17)18-15(24)11-22-7-5-14(6-8-22)10-23-13(3)9-12(2)21-23/h9,14H,4-8,10-11H2,1-3H3,(H,18,19,24). The van der Waals surface area contributed by atoms with E-state index in [2.05, 4.69) is 50.1 Å². The fourth-order valence-corrected chi connectivity index (χ4v) is 4.90. The molecule has 0 aromatic carbocycles. The number of rotatable bonds is 7. The predicted molar refractivity (Wildman–Crippen MR) is 106 cm³/mol. The summed E-state index contributed by atoms with van der Waals surface area (Å²) < 4.78 is 3.01. The van der Waals surface area contributed by atoms with Gasteiger partial charge in [0.2, 0.25) is 11.0 Å². The Morgan fingerprint density at radius 1 is 1.35 bits per heavy atom. The summed E-state index contributed by atoms with van der Waals surface area (Å²) in [4.78, 5) is 14.5. The molecule has 3 rings (SSSR count). The van der Waals surface area contributed by atoms with Crippen LogP contribution in [0.25, 0.3) is 0 Å². The molecule has 26 heavy (non-hydrogen) atoms. The number of nitrogens with one attached hydrogen (secondary N) is 1. The molecular weight excluding hydrogens is 368 g/mol. The topological polar surface area (TPSA) is 75.9 Å². The molecule has 0 atom stereocenters. The Morgan fingerprint density at radius 2 is 2.12 bits per heavy atom. The van der Waals surface area contributed by atoms with E-state index < -0.39 is 0 Å². The summed E-state index contributed by atoms with van der Waals surface area (Å²) in [6.07, 6.45) is 2.20. The number of likely N-dealkylation sites (tertiary alicyclic amines) is 1. The Kier molecular flexibility index (Phi) is 6.66. The van der Waals surface area contributed by atoms with Crippen LogP contribution in [-0.2, 0) is 11.3 Å². The van der Waals surface area contributed by atoms with Crippen LogP contribution in [0.3, 0.4) is 0 Å². The molecule has 2 aromatic rings. The van der Waals surface area contributed by atoms with Gasteiger partial charge >= 0.3 is 0 Å². The molecule has 0 unspecified atom stereocenters. The van der Waals surface area contributed by atoms with Gasteiger partial charge in [-0.1, -0.05) is 30.0 Å². The highest BCUT2D eigenvalue weighted by Crippen LogP contribution is 2.25. The van der Waals surface area contributed by atoms with Crippen molar-refractivity contribution in [1.82, 2.24) is 24.9 Å². The molecule has 0 bridgehead atoms. The number of aromatic nitrogens is 4. The van der Waals surface area contributed by atoms with Crippen LogP contribution in [0.4, 0.5) is 5.13 Å². The van der Waals surface area contributed by atoms with Crippen LogP contribution in [0.15, 0.2) is 10.4 Å². The minimum Gasteiger partial charge on any atom is -0.299 e. The van der Waals surface area contributed by atoms with Gasteiger partial charge in [-0.2, -0.15) is 5.10 Å². The van der Waals surface area contributed by atoms with Gasteiger partial charge in [0, 0.05) is 12.2 Å². The van der Waals surface area contributed by atoms with E-state index in [1.165, 1.54) is 17.0 Å². The van der Waals surface area contributed by atoms with E-state index in [1.807, 2.05) is 6.92 Å². The highest BCUT2D eigenvalue weighted by molar-refractivity contribution is 8.01. The lowest BCUT2D eigenvalue weighted by Crippen LogP contribution is -2.40. The Labute approximate surface area is 162 Å². The van der Waals surface area contributed by atoms with Crippen molar-refractivity contribution >= 4 is 34.1 Å². The number of anilines is 1. The van der Waals surface area contributed by atoms with Crippen LogP contribution in [0.2, 0.25) is 0 Å². The molecule has 0 radical (unpaired) electrons. The summed E-state index contributed by atoms with van der Waals surface area (Å²) in [7, 11) is 0. The third kappa shape index (κ3) is 5.28. The molecule has 0 aliphatic carbocycles. The van der Waals surface area contributed by atoms with Crippen LogP contribution in [0, 0.1) is 19.8 Å². The van der Waals surface area contributed by atoms with Gasteiger partial charge in [-0.05, 0) is 57.5 Å². The van der Waals surface area contributed by atoms with Gasteiger partial charge in [-0.15, -0.1) is 10.2 Å². The third-order valence-corrected chi connectivity index (χ3v) is 6.38. The highest BCUT2D eigenvalue weighted by atomic mass is 32.2. The number of thioether (sulfide) groups is 1. The number of amides is 1. The van der Waals surface area contributed by atoms with Crippen LogP contribution in [0.5, 0.6) is 0 Å². The predicted octanol–water partition coefficient (Wildman–Crippen LogP) is 2.81. The van der Waals surface area contributed by atoms with E-state index in [9.17, 15) is 4.79 Å². The summed E-state index contributed by atoms with van der Waals surface area (Å²) in [5, 5.41) is 16.1. The fraction of sp³-hybridized carbons (Fsp3) is 0.647. The minimum absolute atomic E-state index is 0.00815. The van der Waals surface area contributed by atoms with E-state index >= 15 is 0 Å². The number of carbonyl (C=O) groups excluding carboxylic acids is 1. The lowest BCUT2D eigenvalue weighted by Gasteiger charge is -2.31. The van der Waals surface area contributed by atoms with E-state index in [-0.39, 0.29) is 5.91 Å². The van der Waals surface area contributed by atoms with Gasteiger partial charge in [-0.3, -0.25) is 19.7 Å². The summed E-state index contributed by atoms with van der Waals surface area (Å²) in [5.74, 6) is 1.57. The number of hydrogen-bond donors (Lipinski definition) is 1. The van der Waals surface area contributed by atoms with Crippen molar-refractivity contribution in [3.8, 4) is 0 Å². The van der Waals surface area contributed by atoms with E-state index in [0.29, 0.717) is 17.6 Å². The van der Waals surface area contributed by atoms with Crippen LogP contribution in [0.1, 0.15) is 31.2 Å². The third-order valence-electron chi connectivity index (χ3n) is 4.53. The van der Waals surface area contributed by atoms with E-state index in [0.717, 1.165) is 48.3 Å². The summed E-state index contributed by atoms with van der Waals surface area (Å²) in [5.41, 5.74) is 2.30. The largest absolute Gasteiger partial charge is 0.299 e. The molecule has 0 saturated carbocycles. The van der Waals surface area contributed by atoms with Crippen molar-refractivity contribution in [3.05, 3.63) is 17.5 Å². The maximum absolute atomic E-state index is 12.2. The van der Waals surface area contributed by atoms with Crippen molar-refractivity contribution in [3.63, 3.8) is 0 Å². The van der Waals surface area contributed by atoms with Gasteiger partial charge < -0.3 is 0 Å². The molecular formula is C17H26N6OS2. The number of aryl methyl sites for hydroxylation is 2. The first-order valence-corrected chi connectivity index (χ1v) is 10.8. The fourth-order valence-electron chi connectivity index (χ4n) is 3.24. The maximum Gasteiger partial charge on any atom is 0.240 e. The van der Waals surface area contributed by atoms with Crippen molar-refractivity contribution < 1.29 is 4.79 Å². The number of hydrogen-bond acceptors (Lipinski definition) is 7. The average Bonchev–Trinajstić information content (AvgIpc) is 3.15. The quantitative estimate of drug-likeness (QED) is 0.575. The average molecular weight is 395 g/mol. The molecule has 3 heterocycles. The van der Waals surface area contributed by atoms with Crippen molar-refractivity contribution in [2.24, 2.45) is 5.92 Å². The van der Waals surface area contributed by atoms with Crippen molar-refractivity contribution in [2.75, 3.05) is 30.7 Å². The maximum atomic E-state index is 12.2. The Bertz CT molecular complexity index is 735. The van der Waals surface area contributed by atoms with Gasteiger partial charge in [0.05, 0.1) is 12.2 Å². The first-order valence-electron chi connectivity index (χ1n) is 9.03. The van der Waals surface area contributed by atoms with Gasteiger partial charge in [-0.25, -0.2) is 0 Å². The molecule has 1 fully saturated rings. The van der Waals surface area contributed by atoms with E-state index in [1.54, 1.807) is 11.8 Å². The van der Waals surface area contributed by atoms with Crippen molar-refractivity contribution in [1.29, 1.82) is 0 Å².